The number of aliphatic hydroxyl groups excluding tert-OH is 1. The number of aliphatic hydroxyl groups is 1. The Morgan fingerprint density at radius 3 is 2.58 bits per heavy atom. The van der Waals surface area contributed by atoms with Crippen LogP contribution in [0, 0.1) is 0 Å². The SMILES string of the molecule is CSCC(=O)Cc1ncccc1-n1cnc(Cn2nc(-c3ccc(Cl)cc3)n(C[C@H](O)C(F)(F)F)c2=O)n1. The topological polar surface area (TPSA) is 121 Å². The number of carbonyl (C=O) groups is 1. The van der Waals surface area contributed by atoms with E-state index in [0.717, 1.165) is 9.25 Å². The summed E-state index contributed by atoms with van der Waals surface area (Å²) < 4.78 is 42.3. The standard InChI is InChI=1S/C23H21ClF3N7O3S/c1-38-12-16(35)9-17-18(3-2-8-28-17)34-13-29-20(30-34)11-33-22(37)32(10-19(36)23(25,26)27)21(31-33)14-4-6-15(24)7-5-14/h2-8,13,19,36H,9-12H2,1H3/t19-/m0/s1. The van der Waals surface area contributed by atoms with E-state index in [0.29, 0.717) is 27.7 Å². The lowest BCUT2D eigenvalue weighted by molar-refractivity contribution is -0.207. The highest BCUT2D eigenvalue weighted by Crippen LogP contribution is 2.24. The number of Topliss-reactive ketones (excluding diaryl/α,β-unsaturated/α-hetero) is 1. The molecule has 200 valence electrons. The van der Waals surface area contributed by atoms with Crippen molar-refractivity contribution in [2.75, 3.05) is 12.0 Å². The lowest BCUT2D eigenvalue weighted by atomic mass is 10.2. The number of carbonyl (C=O) groups excluding carboxylic acids is 1. The van der Waals surface area contributed by atoms with Gasteiger partial charge in [-0.3, -0.25) is 14.3 Å². The fourth-order valence-corrected chi connectivity index (χ4v) is 4.14. The number of aromatic nitrogens is 7. The van der Waals surface area contributed by atoms with Crippen molar-refractivity contribution < 1.29 is 23.1 Å². The van der Waals surface area contributed by atoms with Gasteiger partial charge in [-0.2, -0.15) is 24.9 Å². The van der Waals surface area contributed by atoms with Gasteiger partial charge in [0, 0.05) is 16.8 Å². The van der Waals surface area contributed by atoms with Crippen LogP contribution >= 0.6 is 23.4 Å². The second-order valence-electron chi connectivity index (χ2n) is 8.16. The number of pyridine rings is 1. The maximum atomic E-state index is 13.1. The van der Waals surface area contributed by atoms with Crippen molar-refractivity contribution >= 4 is 29.1 Å². The van der Waals surface area contributed by atoms with Gasteiger partial charge < -0.3 is 5.11 Å². The largest absolute Gasteiger partial charge is 0.416 e. The molecule has 10 nitrogen and oxygen atoms in total. The van der Waals surface area contributed by atoms with E-state index in [4.69, 9.17) is 11.6 Å². The highest BCUT2D eigenvalue weighted by molar-refractivity contribution is 7.99. The first kappa shape index (κ1) is 27.5. The van der Waals surface area contributed by atoms with Crippen LogP contribution in [-0.4, -0.2) is 69.3 Å². The van der Waals surface area contributed by atoms with Crippen molar-refractivity contribution in [2.24, 2.45) is 0 Å². The van der Waals surface area contributed by atoms with E-state index in [-0.39, 0.29) is 30.4 Å². The number of hydrogen-bond acceptors (Lipinski definition) is 8. The van der Waals surface area contributed by atoms with E-state index >= 15 is 0 Å². The molecule has 0 fully saturated rings. The van der Waals surface area contributed by atoms with Crippen LogP contribution in [0.3, 0.4) is 0 Å². The van der Waals surface area contributed by atoms with Gasteiger partial charge in [-0.1, -0.05) is 11.6 Å². The van der Waals surface area contributed by atoms with Crippen LogP contribution in [0.2, 0.25) is 5.02 Å². The molecule has 0 aliphatic rings. The van der Waals surface area contributed by atoms with E-state index in [2.05, 4.69) is 20.2 Å². The minimum absolute atomic E-state index is 0.00865. The summed E-state index contributed by atoms with van der Waals surface area (Å²) in [5.74, 6) is 0.381. The Kier molecular flexibility index (Phi) is 8.33. The highest BCUT2D eigenvalue weighted by atomic mass is 35.5. The number of nitrogens with zero attached hydrogens (tertiary/aromatic N) is 7. The molecule has 0 aliphatic heterocycles. The molecule has 0 bridgehead atoms. The van der Waals surface area contributed by atoms with Gasteiger partial charge in [0.2, 0.25) is 0 Å². The molecule has 4 rings (SSSR count). The van der Waals surface area contributed by atoms with Gasteiger partial charge in [-0.15, -0.1) is 10.2 Å². The summed E-state index contributed by atoms with van der Waals surface area (Å²) in [6.07, 6.45) is -2.85. The van der Waals surface area contributed by atoms with Crippen LogP contribution < -0.4 is 5.69 Å². The first-order valence-corrected chi connectivity index (χ1v) is 12.9. The number of thioether (sulfide) groups is 1. The number of hydrogen-bond donors (Lipinski definition) is 1. The highest BCUT2D eigenvalue weighted by Gasteiger charge is 2.39. The van der Waals surface area contributed by atoms with Crippen LogP contribution in [0.1, 0.15) is 11.5 Å². The summed E-state index contributed by atoms with van der Waals surface area (Å²) in [4.78, 5) is 33.7. The van der Waals surface area contributed by atoms with Gasteiger partial charge in [-0.25, -0.2) is 19.1 Å². The molecule has 1 N–H and O–H groups in total. The third-order valence-electron chi connectivity index (χ3n) is 5.37. The van der Waals surface area contributed by atoms with Gasteiger partial charge in [-0.05, 0) is 42.7 Å². The minimum Gasteiger partial charge on any atom is -0.382 e. The summed E-state index contributed by atoms with van der Waals surface area (Å²) in [6, 6.07) is 9.40. The van der Waals surface area contributed by atoms with Crippen molar-refractivity contribution in [2.45, 2.75) is 31.8 Å². The maximum Gasteiger partial charge on any atom is 0.416 e. The molecule has 1 aromatic carbocycles. The molecule has 15 heteroatoms. The third kappa shape index (κ3) is 6.31. The fourth-order valence-electron chi connectivity index (χ4n) is 3.59. The van der Waals surface area contributed by atoms with Crippen molar-refractivity contribution in [3.05, 3.63) is 75.9 Å². The number of ketones is 1. The predicted octanol–water partition coefficient (Wildman–Crippen LogP) is 2.79. The minimum atomic E-state index is -4.93. The molecule has 0 saturated carbocycles. The van der Waals surface area contributed by atoms with Crippen LogP contribution in [-0.2, 0) is 24.3 Å². The molecule has 0 amide bonds. The Hall–Kier alpha value is -3.49. The van der Waals surface area contributed by atoms with Crippen LogP contribution in [0.25, 0.3) is 17.1 Å². The van der Waals surface area contributed by atoms with E-state index in [1.165, 1.54) is 47.0 Å². The zero-order valence-corrected chi connectivity index (χ0v) is 21.4. The van der Waals surface area contributed by atoms with E-state index in [1.54, 1.807) is 18.3 Å². The molecular weight excluding hydrogens is 547 g/mol. The van der Waals surface area contributed by atoms with Crippen LogP contribution in [0.15, 0.2) is 53.7 Å². The molecule has 4 aromatic rings. The first-order valence-electron chi connectivity index (χ1n) is 11.1. The molecule has 3 heterocycles. The average Bonchev–Trinajstić information content (AvgIpc) is 3.45. The van der Waals surface area contributed by atoms with Crippen molar-refractivity contribution in [1.82, 2.24) is 34.1 Å². The molecule has 1 atom stereocenters. The van der Waals surface area contributed by atoms with Crippen molar-refractivity contribution in [1.29, 1.82) is 0 Å². The zero-order valence-electron chi connectivity index (χ0n) is 19.8. The quantitative estimate of drug-likeness (QED) is 0.311. The predicted molar refractivity (Wildman–Crippen MR) is 134 cm³/mol. The Labute approximate surface area is 223 Å². The van der Waals surface area contributed by atoms with Gasteiger partial charge in [0.1, 0.15) is 18.7 Å². The Bertz CT molecular complexity index is 1480. The Balaban J connectivity index is 1.66. The van der Waals surface area contributed by atoms with Crippen molar-refractivity contribution in [3.8, 4) is 17.1 Å². The molecule has 0 saturated heterocycles. The molecule has 38 heavy (non-hydrogen) atoms. The molecule has 0 unspecified atom stereocenters. The Morgan fingerprint density at radius 1 is 1.16 bits per heavy atom. The van der Waals surface area contributed by atoms with E-state index in [1.807, 2.05) is 6.26 Å². The fraction of sp³-hybridized carbons (Fsp3) is 0.304. The van der Waals surface area contributed by atoms with Gasteiger partial charge in [0.25, 0.3) is 0 Å². The number of halogens is 4. The summed E-state index contributed by atoms with van der Waals surface area (Å²) in [5.41, 5.74) is 0.455. The van der Waals surface area contributed by atoms with E-state index < -0.39 is 24.5 Å². The molecule has 0 aliphatic carbocycles. The summed E-state index contributed by atoms with van der Waals surface area (Å²) in [6.45, 7) is -1.31. The monoisotopic (exact) mass is 567 g/mol. The maximum absolute atomic E-state index is 13.1. The van der Waals surface area contributed by atoms with Gasteiger partial charge in [0.15, 0.2) is 17.8 Å². The average molecular weight is 568 g/mol. The molecular formula is C23H21ClF3N7O3S. The number of rotatable bonds is 10. The van der Waals surface area contributed by atoms with Crippen molar-refractivity contribution in [3.63, 3.8) is 0 Å². The van der Waals surface area contributed by atoms with Crippen LogP contribution in [0.5, 0.6) is 0 Å². The summed E-state index contributed by atoms with van der Waals surface area (Å²) in [5, 5.41) is 18.6. The summed E-state index contributed by atoms with van der Waals surface area (Å²) >= 11 is 7.31. The smallest absolute Gasteiger partial charge is 0.382 e. The zero-order chi connectivity index (χ0) is 27.4. The molecule has 0 spiro atoms. The number of alkyl halides is 3. The Morgan fingerprint density at radius 2 is 1.89 bits per heavy atom. The van der Waals surface area contributed by atoms with Gasteiger partial charge in [0.05, 0.1) is 30.1 Å². The second kappa shape index (κ2) is 11.5. The van der Waals surface area contributed by atoms with Gasteiger partial charge >= 0.3 is 11.9 Å². The molecule has 3 aromatic heterocycles. The first-order chi connectivity index (χ1) is 18.1. The lowest BCUT2D eigenvalue weighted by Crippen LogP contribution is -2.37. The molecule has 0 radical (unpaired) electrons. The lowest BCUT2D eigenvalue weighted by Gasteiger charge is -2.15. The third-order valence-corrected chi connectivity index (χ3v) is 6.23. The van der Waals surface area contributed by atoms with E-state index in [9.17, 15) is 27.9 Å². The normalized spacial score (nSPS) is 12.6. The van der Waals surface area contributed by atoms with Crippen LogP contribution in [0.4, 0.5) is 13.2 Å². The second-order valence-corrected chi connectivity index (χ2v) is 9.46. The number of benzene rings is 1. The summed E-state index contributed by atoms with van der Waals surface area (Å²) in [7, 11) is 0.